The molecule has 0 atom stereocenters. The van der Waals surface area contributed by atoms with E-state index in [4.69, 9.17) is 16.3 Å². The maximum Gasteiger partial charge on any atom is 0.254 e. The van der Waals surface area contributed by atoms with Crippen LogP contribution in [0, 0.1) is 5.82 Å². The second-order valence-electron chi connectivity index (χ2n) is 2.90. The number of amides is 1. The van der Waals surface area contributed by atoms with Crippen LogP contribution in [0.4, 0.5) is 10.1 Å². The van der Waals surface area contributed by atoms with Crippen LogP contribution in [-0.2, 0) is 9.53 Å². The molecule has 1 aliphatic rings. The van der Waals surface area contributed by atoms with Crippen molar-refractivity contribution < 1.29 is 13.9 Å². The van der Waals surface area contributed by atoms with Gasteiger partial charge in [0.25, 0.3) is 5.91 Å². The van der Waals surface area contributed by atoms with Crippen molar-refractivity contribution in [2.24, 2.45) is 0 Å². The van der Waals surface area contributed by atoms with Gasteiger partial charge in [-0.05, 0) is 18.2 Å². The number of nitrogens with zero attached hydrogens (tertiary/aromatic N) is 1. The smallest absolute Gasteiger partial charge is 0.254 e. The number of halogens is 2. The Labute approximate surface area is 85.0 Å². The molecule has 0 saturated carbocycles. The van der Waals surface area contributed by atoms with Crippen LogP contribution < -0.4 is 4.90 Å². The molecule has 1 saturated heterocycles. The molecule has 1 heterocycles. The van der Waals surface area contributed by atoms with Gasteiger partial charge >= 0.3 is 0 Å². The van der Waals surface area contributed by atoms with Gasteiger partial charge in [-0.3, -0.25) is 9.69 Å². The van der Waals surface area contributed by atoms with Gasteiger partial charge < -0.3 is 4.74 Å². The molecule has 1 fully saturated rings. The number of carbonyl (C=O) groups is 1. The van der Waals surface area contributed by atoms with E-state index < -0.39 is 5.82 Å². The molecule has 3 nitrogen and oxygen atoms in total. The fourth-order valence-electron chi connectivity index (χ4n) is 1.25. The SMILES string of the molecule is O=C1COCN1c1ccc(F)c(Cl)c1. The summed E-state index contributed by atoms with van der Waals surface area (Å²) in [6, 6.07) is 4.13. The van der Waals surface area contributed by atoms with Gasteiger partial charge in [-0.2, -0.15) is 0 Å². The van der Waals surface area contributed by atoms with E-state index in [0.717, 1.165) is 0 Å². The van der Waals surface area contributed by atoms with Gasteiger partial charge in [-0.25, -0.2) is 4.39 Å². The highest BCUT2D eigenvalue weighted by molar-refractivity contribution is 6.31. The molecule has 0 N–H and O–H groups in total. The summed E-state index contributed by atoms with van der Waals surface area (Å²) in [6.45, 7) is 0.260. The summed E-state index contributed by atoms with van der Waals surface area (Å²) < 4.78 is 17.7. The van der Waals surface area contributed by atoms with Crippen molar-refractivity contribution in [1.82, 2.24) is 0 Å². The first-order valence-electron chi connectivity index (χ1n) is 4.01. The number of hydrogen-bond donors (Lipinski definition) is 0. The normalized spacial score (nSPS) is 16.4. The molecule has 1 amide bonds. The van der Waals surface area contributed by atoms with Crippen LogP contribution in [-0.4, -0.2) is 19.2 Å². The quantitative estimate of drug-likeness (QED) is 0.715. The molecule has 1 aromatic carbocycles. The number of carbonyl (C=O) groups excluding carboxylic acids is 1. The summed E-state index contributed by atoms with van der Waals surface area (Å²) in [5, 5.41) is 0.00204. The van der Waals surface area contributed by atoms with E-state index in [2.05, 4.69) is 0 Å². The summed E-state index contributed by atoms with van der Waals surface area (Å²) in [4.78, 5) is 12.6. The van der Waals surface area contributed by atoms with Gasteiger partial charge in [-0.1, -0.05) is 11.6 Å². The highest BCUT2D eigenvalue weighted by atomic mass is 35.5. The minimum absolute atomic E-state index is 0.00204. The number of ether oxygens (including phenoxy) is 1. The zero-order valence-electron chi connectivity index (χ0n) is 7.17. The zero-order chi connectivity index (χ0) is 10.1. The molecule has 2 rings (SSSR count). The summed E-state index contributed by atoms with van der Waals surface area (Å²) in [5.41, 5.74) is 0.555. The first-order valence-corrected chi connectivity index (χ1v) is 4.39. The molecule has 0 spiro atoms. The summed E-state index contributed by atoms with van der Waals surface area (Å²) in [6.07, 6.45) is 0. The third-order valence-corrected chi connectivity index (χ3v) is 2.25. The molecule has 0 aliphatic carbocycles. The summed E-state index contributed by atoms with van der Waals surface area (Å²) in [7, 11) is 0. The molecule has 5 heteroatoms. The molecule has 0 radical (unpaired) electrons. The van der Waals surface area contributed by atoms with Crippen molar-refractivity contribution >= 4 is 23.2 Å². The number of benzene rings is 1. The van der Waals surface area contributed by atoms with Gasteiger partial charge in [0.2, 0.25) is 0 Å². The molecule has 1 aromatic rings. The van der Waals surface area contributed by atoms with Crippen molar-refractivity contribution in [2.45, 2.75) is 0 Å². The number of anilines is 1. The van der Waals surface area contributed by atoms with E-state index in [1.807, 2.05) is 0 Å². The van der Waals surface area contributed by atoms with Crippen LogP contribution >= 0.6 is 11.6 Å². The van der Waals surface area contributed by atoms with Crippen LogP contribution in [0.2, 0.25) is 5.02 Å². The standard InChI is InChI=1S/C9H7ClFNO2/c10-7-3-6(1-2-8(7)11)12-5-14-4-9(12)13/h1-3H,4-5H2. The largest absolute Gasteiger partial charge is 0.351 e. The van der Waals surface area contributed by atoms with Gasteiger partial charge in [0, 0.05) is 5.69 Å². The van der Waals surface area contributed by atoms with Crippen molar-refractivity contribution in [1.29, 1.82) is 0 Å². The molecular weight excluding hydrogens is 209 g/mol. The first kappa shape index (κ1) is 9.43. The van der Waals surface area contributed by atoms with Crippen molar-refractivity contribution in [3.63, 3.8) is 0 Å². The Balaban J connectivity index is 2.32. The molecular formula is C9H7ClFNO2. The maximum atomic E-state index is 12.8. The Morgan fingerprint density at radius 3 is 2.86 bits per heavy atom. The zero-order valence-corrected chi connectivity index (χ0v) is 7.92. The lowest BCUT2D eigenvalue weighted by Crippen LogP contribution is -2.24. The van der Waals surface area contributed by atoms with Gasteiger partial charge in [-0.15, -0.1) is 0 Å². The number of rotatable bonds is 1. The van der Waals surface area contributed by atoms with Crippen LogP contribution in [0.1, 0.15) is 0 Å². The third-order valence-electron chi connectivity index (χ3n) is 1.96. The Kier molecular flexibility index (Phi) is 2.39. The van der Waals surface area contributed by atoms with E-state index in [1.54, 1.807) is 0 Å². The monoisotopic (exact) mass is 215 g/mol. The predicted octanol–water partition coefficient (Wildman–Crippen LogP) is 1.80. The minimum atomic E-state index is -0.497. The Hall–Kier alpha value is -1.13. The van der Waals surface area contributed by atoms with Crippen LogP contribution in [0.15, 0.2) is 18.2 Å². The van der Waals surface area contributed by atoms with Gasteiger partial charge in [0.1, 0.15) is 19.2 Å². The van der Waals surface area contributed by atoms with Crippen LogP contribution in [0.5, 0.6) is 0 Å². The average Bonchev–Trinajstić information content (AvgIpc) is 2.57. The van der Waals surface area contributed by atoms with E-state index in [0.29, 0.717) is 5.69 Å². The lowest BCUT2D eigenvalue weighted by atomic mass is 10.3. The lowest BCUT2D eigenvalue weighted by Gasteiger charge is -2.13. The maximum absolute atomic E-state index is 12.8. The van der Waals surface area contributed by atoms with Crippen LogP contribution in [0.3, 0.4) is 0 Å². The Morgan fingerprint density at radius 2 is 2.29 bits per heavy atom. The van der Waals surface area contributed by atoms with E-state index in [1.165, 1.54) is 23.1 Å². The molecule has 0 unspecified atom stereocenters. The van der Waals surface area contributed by atoms with Gasteiger partial charge in [0.05, 0.1) is 5.02 Å². The second kappa shape index (κ2) is 3.55. The minimum Gasteiger partial charge on any atom is -0.351 e. The fraction of sp³-hybridized carbons (Fsp3) is 0.222. The third kappa shape index (κ3) is 1.58. The van der Waals surface area contributed by atoms with Crippen molar-refractivity contribution in [2.75, 3.05) is 18.2 Å². The Morgan fingerprint density at radius 1 is 1.50 bits per heavy atom. The topological polar surface area (TPSA) is 29.5 Å². The van der Waals surface area contributed by atoms with Crippen molar-refractivity contribution in [3.05, 3.63) is 29.0 Å². The van der Waals surface area contributed by atoms with E-state index in [-0.39, 0.29) is 24.3 Å². The summed E-state index contributed by atoms with van der Waals surface area (Å²) in [5.74, 6) is -0.643. The number of hydrogen-bond acceptors (Lipinski definition) is 2. The second-order valence-corrected chi connectivity index (χ2v) is 3.30. The fourth-order valence-corrected chi connectivity index (χ4v) is 1.42. The van der Waals surface area contributed by atoms with Crippen LogP contribution in [0.25, 0.3) is 0 Å². The van der Waals surface area contributed by atoms with E-state index in [9.17, 15) is 9.18 Å². The highest BCUT2D eigenvalue weighted by Crippen LogP contribution is 2.24. The van der Waals surface area contributed by atoms with Crippen molar-refractivity contribution in [3.8, 4) is 0 Å². The summed E-state index contributed by atoms with van der Waals surface area (Å²) >= 11 is 5.59. The average molecular weight is 216 g/mol. The molecule has 14 heavy (non-hydrogen) atoms. The molecule has 74 valence electrons. The Bertz CT molecular complexity index is 383. The first-order chi connectivity index (χ1) is 6.68. The van der Waals surface area contributed by atoms with E-state index >= 15 is 0 Å². The molecule has 0 bridgehead atoms. The molecule has 0 aromatic heterocycles. The highest BCUT2D eigenvalue weighted by Gasteiger charge is 2.22. The predicted molar refractivity (Wildman–Crippen MR) is 49.7 cm³/mol. The lowest BCUT2D eigenvalue weighted by molar-refractivity contribution is -0.117. The molecule has 1 aliphatic heterocycles. The van der Waals surface area contributed by atoms with Gasteiger partial charge in [0.15, 0.2) is 0 Å².